The van der Waals surface area contributed by atoms with Crippen LogP contribution < -0.4 is 11.5 Å². The van der Waals surface area contributed by atoms with Crippen LogP contribution in [0, 0.1) is 0 Å². The Morgan fingerprint density at radius 3 is 2.87 bits per heavy atom. The van der Waals surface area contributed by atoms with Gasteiger partial charge in [-0.3, -0.25) is 9.48 Å². The van der Waals surface area contributed by atoms with Gasteiger partial charge in [-0.25, -0.2) is 9.97 Å². The molecule has 23 heavy (non-hydrogen) atoms. The Kier molecular flexibility index (Phi) is 5.61. The molecule has 2 aromatic heterocycles. The van der Waals surface area contributed by atoms with E-state index in [2.05, 4.69) is 15.1 Å². The number of halogens is 1. The highest BCUT2D eigenvalue weighted by molar-refractivity contribution is 7.98. The van der Waals surface area contributed by atoms with E-state index in [9.17, 15) is 4.79 Å². The lowest BCUT2D eigenvalue weighted by molar-refractivity contribution is 0.0994. The van der Waals surface area contributed by atoms with E-state index >= 15 is 0 Å². The minimum atomic E-state index is -0.495. The molecule has 7 nitrogen and oxygen atoms in total. The van der Waals surface area contributed by atoms with Crippen molar-refractivity contribution in [2.24, 2.45) is 11.5 Å². The maximum Gasteiger partial charge on any atom is 0.269 e. The summed E-state index contributed by atoms with van der Waals surface area (Å²) in [6.07, 6.45) is 6.10. The van der Waals surface area contributed by atoms with Crippen molar-refractivity contribution >= 4 is 30.1 Å². The summed E-state index contributed by atoms with van der Waals surface area (Å²) in [5.41, 5.74) is 15.1. The minimum absolute atomic E-state index is 0. The molecule has 2 aromatic rings. The summed E-state index contributed by atoms with van der Waals surface area (Å²) in [6.45, 7) is 1.21. The highest BCUT2D eigenvalue weighted by Crippen LogP contribution is 2.34. The number of carbonyl (C=O) groups is 1. The van der Waals surface area contributed by atoms with Crippen LogP contribution in [0.15, 0.2) is 11.4 Å². The predicted octanol–water partition coefficient (Wildman–Crippen LogP) is 1.03. The normalized spacial score (nSPS) is 12.3. The molecular formula is C14H19ClN6OS. The van der Waals surface area contributed by atoms with Gasteiger partial charge in [0.05, 0.1) is 11.4 Å². The van der Waals surface area contributed by atoms with Crippen molar-refractivity contribution in [2.45, 2.75) is 31.0 Å². The van der Waals surface area contributed by atoms with Gasteiger partial charge in [-0.2, -0.15) is 5.10 Å². The number of nitrogens with zero attached hydrogens (tertiary/aromatic N) is 4. The van der Waals surface area contributed by atoms with Crippen molar-refractivity contribution < 1.29 is 4.79 Å². The lowest BCUT2D eigenvalue weighted by atomic mass is 9.93. The van der Waals surface area contributed by atoms with E-state index in [1.807, 2.05) is 17.1 Å². The molecule has 2 heterocycles. The molecule has 0 bridgehead atoms. The van der Waals surface area contributed by atoms with Crippen molar-refractivity contribution in [1.82, 2.24) is 19.7 Å². The molecule has 0 saturated heterocycles. The molecule has 1 aliphatic rings. The fraction of sp³-hybridized carbons (Fsp3) is 0.429. The monoisotopic (exact) mass is 354 g/mol. The summed E-state index contributed by atoms with van der Waals surface area (Å²) in [7, 11) is 0. The number of hydrogen-bond acceptors (Lipinski definition) is 6. The number of fused-ring (bicyclic) bond motifs is 3. The molecule has 0 aliphatic heterocycles. The van der Waals surface area contributed by atoms with Gasteiger partial charge in [0.25, 0.3) is 5.91 Å². The molecule has 3 rings (SSSR count). The summed E-state index contributed by atoms with van der Waals surface area (Å²) in [5.74, 6) is -0.495. The van der Waals surface area contributed by atoms with E-state index in [1.54, 1.807) is 0 Å². The van der Waals surface area contributed by atoms with Gasteiger partial charge in [0.1, 0.15) is 0 Å². The summed E-state index contributed by atoms with van der Waals surface area (Å²) in [5, 5.41) is 5.11. The van der Waals surface area contributed by atoms with Gasteiger partial charge in [0, 0.05) is 18.3 Å². The van der Waals surface area contributed by atoms with Crippen molar-refractivity contribution in [3.8, 4) is 11.4 Å². The van der Waals surface area contributed by atoms with E-state index in [0.717, 1.165) is 41.8 Å². The topological polar surface area (TPSA) is 113 Å². The molecule has 1 aliphatic carbocycles. The zero-order chi connectivity index (χ0) is 15.7. The van der Waals surface area contributed by atoms with Crippen molar-refractivity contribution in [1.29, 1.82) is 0 Å². The van der Waals surface area contributed by atoms with Crippen LogP contribution >= 0.6 is 24.2 Å². The van der Waals surface area contributed by atoms with Gasteiger partial charge >= 0.3 is 0 Å². The zero-order valence-corrected chi connectivity index (χ0v) is 14.4. The second-order valence-electron chi connectivity index (χ2n) is 5.14. The van der Waals surface area contributed by atoms with Crippen LogP contribution in [0.25, 0.3) is 11.4 Å². The molecule has 0 saturated carbocycles. The number of amides is 1. The number of nitrogens with two attached hydrogens (primary N) is 2. The maximum atomic E-state index is 11.7. The second-order valence-corrected chi connectivity index (χ2v) is 5.91. The molecular weight excluding hydrogens is 336 g/mol. The molecule has 0 atom stereocenters. The summed E-state index contributed by atoms with van der Waals surface area (Å²) >= 11 is 1.49. The molecule has 9 heteroatoms. The maximum absolute atomic E-state index is 11.7. The smallest absolute Gasteiger partial charge is 0.269 e. The first-order valence-corrected chi connectivity index (χ1v) is 8.38. The van der Waals surface area contributed by atoms with E-state index in [4.69, 9.17) is 11.5 Å². The lowest BCUT2D eigenvalue weighted by Crippen LogP contribution is -2.15. The van der Waals surface area contributed by atoms with Crippen molar-refractivity contribution in [2.75, 3.05) is 12.8 Å². The standard InChI is InChI=1S/C14H18N6OS.ClH/c1-22-14-17-7-8-3-4-9-11(13(16)21)19-20(6-2-5-15)12(9)10(8)18-14;/h7H,2-6,15H2,1H3,(H2,16,21);1H. The van der Waals surface area contributed by atoms with Gasteiger partial charge in [-0.15, -0.1) is 12.4 Å². The molecule has 1 amide bonds. The average molecular weight is 355 g/mol. The Morgan fingerprint density at radius 2 is 2.22 bits per heavy atom. The minimum Gasteiger partial charge on any atom is -0.364 e. The quantitative estimate of drug-likeness (QED) is 0.612. The van der Waals surface area contributed by atoms with Gasteiger partial charge in [-0.1, -0.05) is 11.8 Å². The van der Waals surface area contributed by atoms with Crippen LogP contribution in [-0.4, -0.2) is 38.5 Å². The largest absolute Gasteiger partial charge is 0.364 e. The van der Waals surface area contributed by atoms with Crippen LogP contribution in [0.3, 0.4) is 0 Å². The third-order valence-corrected chi connectivity index (χ3v) is 4.31. The SMILES string of the molecule is CSc1ncc2c(n1)-c1c(c(C(N)=O)nn1CCCN)CC2.Cl. The molecule has 0 aromatic carbocycles. The van der Waals surface area contributed by atoms with E-state index in [0.29, 0.717) is 23.9 Å². The van der Waals surface area contributed by atoms with Crippen LogP contribution in [-0.2, 0) is 19.4 Å². The number of thioether (sulfide) groups is 1. The van der Waals surface area contributed by atoms with Crippen LogP contribution in [0.1, 0.15) is 28.0 Å². The molecule has 124 valence electrons. The van der Waals surface area contributed by atoms with E-state index in [-0.39, 0.29) is 12.4 Å². The number of primary amides is 1. The number of hydrogen-bond donors (Lipinski definition) is 2. The number of aryl methyl sites for hydroxylation is 2. The number of carbonyl (C=O) groups excluding carboxylic acids is 1. The fourth-order valence-electron chi connectivity index (χ4n) is 2.74. The van der Waals surface area contributed by atoms with Gasteiger partial charge in [0.15, 0.2) is 10.9 Å². The average Bonchev–Trinajstić information content (AvgIpc) is 2.91. The molecule has 0 fully saturated rings. The highest BCUT2D eigenvalue weighted by atomic mass is 35.5. The van der Waals surface area contributed by atoms with Gasteiger partial charge in [-0.05, 0) is 37.6 Å². The lowest BCUT2D eigenvalue weighted by Gasteiger charge is -2.17. The number of rotatable bonds is 5. The molecule has 0 spiro atoms. The Labute approximate surface area is 144 Å². The Morgan fingerprint density at radius 1 is 1.43 bits per heavy atom. The third-order valence-electron chi connectivity index (χ3n) is 3.75. The van der Waals surface area contributed by atoms with Crippen molar-refractivity contribution in [3.05, 3.63) is 23.0 Å². The fourth-order valence-corrected chi connectivity index (χ4v) is 3.08. The second kappa shape index (κ2) is 7.29. The Balaban J connectivity index is 0.00000192. The van der Waals surface area contributed by atoms with Gasteiger partial charge in [0.2, 0.25) is 0 Å². The summed E-state index contributed by atoms with van der Waals surface area (Å²) in [4.78, 5) is 20.6. The molecule has 0 unspecified atom stereocenters. The summed E-state index contributed by atoms with van der Waals surface area (Å²) < 4.78 is 1.82. The van der Waals surface area contributed by atoms with Gasteiger partial charge < -0.3 is 11.5 Å². The summed E-state index contributed by atoms with van der Waals surface area (Å²) in [6, 6.07) is 0. The zero-order valence-electron chi connectivity index (χ0n) is 12.8. The van der Waals surface area contributed by atoms with E-state index in [1.165, 1.54) is 11.8 Å². The first-order valence-electron chi connectivity index (χ1n) is 7.15. The Bertz CT molecular complexity index is 732. The van der Waals surface area contributed by atoms with Crippen LogP contribution in [0.5, 0.6) is 0 Å². The predicted molar refractivity (Wildman–Crippen MR) is 91.9 cm³/mol. The van der Waals surface area contributed by atoms with E-state index < -0.39 is 5.91 Å². The molecule has 0 radical (unpaired) electrons. The first-order chi connectivity index (χ1) is 10.7. The Hall–Kier alpha value is -1.64. The molecule has 4 N–H and O–H groups in total. The third kappa shape index (κ3) is 3.19. The van der Waals surface area contributed by atoms with Crippen molar-refractivity contribution in [3.63, 3.8) is 0 Å². The number of aromatic nitrogens is 4. The highest BCUT2D eigenvalue weighted by Gasteiger charge is 2.28. The van der Waals surface area contributed by atoms with Crippen LogP contribution in [0.2, 0.25) is 0 Å². The van der Waals surface area contributed by atoms with Crippen LogP contribution in [0.4, 0.5) is 0 Å². The first kappa shape index (κ1) is 17.7.